The molecule has 0 bridgehead atoms. The predicted molar refractivity (Wildman–Crippen MR) is 128 cm³/mol. The van der Waals surface area contributed by atoms with Crippen molar-refractivity contribution in [1.82, 2.24) is 5.32 Å². The second kappa shape index (κ2) is 8.73. The van der Waals surface area contributed by atoms with Crippen molar-refractivity contribution in [2.75, 3.05) is 0 Å². The SMILES string of the molecule is CCCC1C2=C(CC3(CCC3)CC2=O)NC(C2CCCC2)=C1C(=O)c1ccc(C(C)(F)F)cc1. The van der Waals surface area contributed by atoms with Crippen LogP contribution in [0.1, 0.15) is 100 Å². The van der Waals surface area contributed by atoms with Crippen LogP contribution in [0.15, 0.2) is 46.8 Å². The van der Waals surface area contributed by atoms with Crippen LogP contribution in [-0.2, 0) is 10.7 Å². The molecule has 1 atom stereocenters. The number of Topliss-reactive ketones (excluding diaryl/α,β-unsaturated/α-hetero) is 2. The standard InChI is InChI=1S/C29H35F2NO2/c1-3-7-21-24-22(16-29(14-6-15-29)17-23(24)33)32-26(18-8-4-5-9-18)25(21)27(34)19-10-12-20(13-11-19)28(2,30)31/h10-13,18,21,32H,3-9,14-17H2,1-2H3. The molecular weight excluding hydrogens is 432 g/mol. The maximum atomic E-state index is 14.0. The minimum Gasteiger partial charge on any atom is -0.361 e. The monoisotopic (exact) mass is 467 g/mol. The zero-order valence-electron chi connectivity index (χ0n) is 20.3. The Bertz CT molecular complexity index is 1050. The lowest BCUT2D eigenvalue weighted by atomic mass is 9.58. The fraction of sp³-hybridized carbons (Fsp3) is 0.586. The van der Waals surface area contributed by atoms with E-state index in [2.05, 4.69) is 12.2 Å². The molecule has 34 heavy (non-hydrogen) atoms. The van der Waals surface area contributed by atoms with E-state index >= 15 is 0 Å². The van der Waals surface area contributed by atoms with Gasteiger partial charge in [0.2, 0.25) is 0 Å². The van der Waals surface area contributed by atoms with E-state index in [1.807, 2.05) is 0 Å². The van der Waals surface area contributed by atoms with Gasteiger partial charge in [-0.05, 0) is 49.9 Å². The summed E-state index contributed by atoms with van der Waals surface area (Å²) in [5.74, 6) is -2.79. The lowest BCUT2D eigenvalue weighted by Gasteiger charge is -2.48. The van der Waals surface area contributed by atoms with E-state index in [0.717, 1.165) is 81.7 Å². The highest BCUT2D eigenvalue weighted by Crippen LogP contribution is 2.55. The highest BCUT2D eigenvalue weighted by molar-refractivity contribution is 6.12. The third-order valence-electron chi connectivity index (χ3n) is 8.64. The molecule has 0 radical (unpaired) electrons. The number of dihydropyridines is 1. The van der Waals surface area contributed by atoms with E-state index in [-0.39, 0.29) is 28.5 Å². The molecule has 1 unspecified atom stereocenters. The molecule has 1 aliphatic heterocycles. The topological polar surface area (TPSA) is 46.2 Å². The van der Waals surface area contributed by atoms with Gasteiger partial charge in [0.15, 0.2) is 11.6 Å². The molecule has 2 fully saturated rings. The summed E-state index contributed by atoms with van der Waals surface area (Å²) in [6.07, 6.45) is 10.9. The van der Waals surface area contributed by atoms with Gasteiger partial charge in [-0.15, -0.1) is 0 Å². The first-order valence-corrected chi connectivity index (χ1v) is 13.0. The molecule has 0 saturated heterocycles. The van der Waals surface area contributed by atoms with Crippen molar-refractivity contribution < 1.29 is 18.4 Å². The minimum absolute atomic E-state index is 0.0980. The van der Waals surface area contributed by atoms with Crippen molar-refractivity contribution in [1.29, 1.82) is 0 Å². The Morgan fingerprint density at radius 3 is 2.32 bits per heavy atom. The van der Waals surface area contributed by atoms with E-state index in [1.54, 1.807) is 0 Å². The van der Waals surface area contributed by atoms with Crippen LogP contribution in [0.3, 0.4) is 0 Å². The maximum Gasteiger partial charge on any atom is 0.270 e. The van der Waals surface area contributed by atoms with Crippen LogP contribution in [0.2, 0.25) is 0 Å². The molecule has 5 heteroatoms. The highest BCUT2D eigenvalue weighted by atomic mass is 19.3. The van der Waals surface area contributed by atoms with Crippen LogP contribution < -0.4 is 5.32 Å². The zero-order valence-corrected chi connectivity index (χ0v) is 20.3. The van der Waals surface area contributed by atoms with Gasteiger partial charge in [0.25, 0.3) is 5.92 Å². The van der Waals surface area contributed by atoms with Gasteiger partial charge in [0.1, 0.15) is 0 Å². The van der Waals surface area contributed by atoms with E-state index in [4.69, 9.17) is 0 Å². The molecule has 4 aliphatic rings. The smallest absolute Gasteiger partial charge is 0.270 e. The van der Waals surface area contributed by atoms with Gasteiger partial charge in [0, 0.05) is 52.9 Å². The average Bonchev–Trinajstić information content (AvgIpc) is 3.31. The first kappa shape index (κ1) is 23.4. The van der Waals surface area contributed by atoms with E-state index in [0.29, 0.717) is 23.5 Å². The number of halogens is 2. The molecule has 5 rings (SSSR count). The van der Waals surface area contributed by atoms with Gasteiger partial charge in [-0.1, -0.05) is 56.9 Å². The summed E-state index contributed by atoms with van der Waals surface area (Å²) in [6, 6.07) is 5.75. The molecule has 1 spiro atoms. The molecule has 2 saturated carbocycles. The average molecular weight is 468 g/mol. The third-order valence-corrected chi connectivity index (χ3v) is 8.64. The van der Waals surface area contributed by atoms with Crippen LogP contribution in [0.5, 0.6) is 0 Å². The maximum absolute atomic E-state index is 14.0. The first-order chi connectivity index (χ1) is 16.2. The Morgan fingerprint density at radius 2 is 1.76 bits per heavy atom. The Kier molecular flexibility index (Phi) is 6.02. The number of ketones is 2. The molecule has 1 N–H and O–H groups in total. The molecule has 1 heterocycles. The summed E-state index contributed by atoms with van der Waals surface area (Å²) in [6.45, 7) is 2.96. The first-order valence-electron chi connectivity index (χ1n) is 13.0. The number of alkyl halides is 2. The molecule has 3 aliphatic carbocycles. The van der Waals surface area contributed by atoms with Crippen LogP contribution in [-0.4, -0.2) is 11.6 Å². The summed E-state index contributed by atoms with van der Waals surface area (Å²) < 4.78 is 27.5. The Balaban J connectivity index is 1.57. The van der Waals surface area contributed by atoms with Gasteiger partial charge in [-0.25, -0.2) is 8.78 Å². The largest absolute Gasteiger partial charge is 0.361 e. The molecule has 3 nitrogen and oxygen atoms in total. The Morgan fingerprint density at radius 1 is 1.09 bits per heavy atom. The normalized spacial score (nSPS) is 24.8. The fourth-order valence-electron chi connectivity index (χ4n) is 6.71. The molecule has 1 aromatic rings. The number of carbonyl (C=O) groups is 2. The van der Waals surface area contributed by atoms with Gasteiger partial charge < -0.3 is 5.32 Å². The van der Waals surface area contributed by atoms with Gasteiger partial charge in [-0.3, -0.25) is 9.59 Å². The minimum atomic E-state index is -2.95. The molecule has 182 valence electrons. The molecule has 0 aromatic heterocycles. The van der Waals surface area contributed by atoms with Gasteiger partial charge >= 0.3 is 0 Å². The summed E-state index contributed by atoms with van der Waals surface area (Å²) >= 11 is 0. The number of carbonyl (C=O) groups excluding carboxylic acids is 2. The van der Waals surface area contributed by atoms with Crippen LogP contribution in [0, 0.1) is 17.3 Å². The van der Waals surface area contributed by atoms with Crippen LogP contribution >= 0.6 is 0 Å². The van der Waals surface area contributed by atoms with Crippen molar-refractivity contribution in [3.63, 3.8) is 0 Å². The Labute approximate surface area is 201 Å². The molecule has 0 amide bonds. The van der Waals surface area contributed by atoms with E-state index in [9.17, 15) is 18.4 Å². The number of hydrogen-bond donors (Lipinski definition) is 1. The van der Waals surface area contributed by atoms with E-state index in [1.165, 1.54) is 30.7 Å². The van der Waals surface area contributed by atoms with Crippen molar-refractivity contribution in [3.05, 3.63) is 57.9 Å². The fourth-order valence-corrected chi connectivity index (χ4v) is 6.71. The number of hydrogen-bond acceptors (Lipinski definition) is 3. The van der Waals surface area contributed by atoms with Crippen LogP contribution in [0.4, 0.5) is 8.78 Å². The molecular formula is C29H35F2NO2. The third kappa shape index (κ3) is 4.05. The van der Waals surface area contributed by atoms with Gasteiger partial charge in [-0.2, -0.15) is 0 Å². The lowest BCUT2D eigenvalue weighted by Crippen LogP contribution is -2.44. The second-order valence-corrected chi connectivity index (χ2v) is 11.1. The zero-order chi connectivity index (χ0) is 24.1. The number of benzene rings is 1. The van der Waals surface area contributed by atoms with Gasteiger partial charge in [0.05, 0.1) is 0 Å². The summed E-state index contributed by atoms with van der Waals surface area (Å²) in [5, 5.41) is 3.67. The quantitative estimate of drug-likeness (QED) is 0.449. The number of rotatable bonds is 6. The Hall–Kier alpha value is -2.30. The lowest BCUT2D eigenvalue weighted by molar-refractivity contribution is -0.121. The predicted octanol–water partition coefficient (Wildman–Crippen LogP) is 7.23. The van der Waals surface area contributed by atoms with Crippen molar-refractivity contribution >= 4 is 11.6 Å². The van der Waals surface area contributed by atoms with Crippen molar-refractivity contribution in [2.24, 2.45) is 17.3 Å². The van der Waals surface area contributed by atoms with Crippen molar-refractivity contribution in [2.45, 2.75) is 90.4 Å². The van der Waals surface area contributed by atoms with E-state index < -0.39 is 5.92 Å². The highest BCUT2D eigenvalue weighted by Gasteiger charge is 2.48. The van der Waals surface area contributed by atoms with Crippen molar-refractivity contribution in [3.8, 4) is 0 Å². The second-order valence-electron chi connectivity index (χ2n) is 11.1. The number of allylic oxidation sites excluding steroid dienone is 4. The summed E-state index contributed by atoms with van der Waals surface area (Å²) in [4.78, 5) is 27.5. The summed E-state index contributed by atoms with van der Waals surface area (Å²) in [5.41, 5.74) is 4.04. The van der Waals surface area contributed by atoms with Crippen LogP contribution in [0.25, 0.3) is 0 Å². The number of nitrogens with one attached hydrogen (secondary N) is 1. The summed E-state index contributed by atoms with van der Waals surface area (Å²) in [7, 11) is 0. The molecule has 1 aromatic carbocycles.